The van der Waals surface area contributed by atoms with Gasteiger partial charge in [-0.1, -0.05) is 0 Å². The van der Waals surface area contributed by atoms with Crippen molar-refractivity contribution >= 4 is 5.97 Å². The Labute approximate surface area is 42.2 Å². The molecule has 7 heavy (non-hydrogen) atoms. The first-order chi connectivity index (χ1) is 3.31. The van der Waals surface area contributed by atoms with E-state index in [-0.39, 0.29) is 6.61 Å². The van der Waals surface area contributed by atoms with Crippen molar-refractivity contribution in [1.82, 2.24) is 0 Å². The number of carbonyl (C=O) groups excluding carboxylic acids is 1. The first-order valence-corrected chi connectivity index (χ1v) is 1.69. The van der Waals surface area contributed by atoms with Crippen molar-refractivity contribution in [3.63, 3.8) is 0 Å². The lowest BCUT2D eigenvalue weighted by atomic mass is 10.7. The fourth-order valence-corrected chi connectivity index (χ4v) is 0.152. The van der Waals surface area contributed by atoms with Crippen LogP contribution >= 0.6 is 0 Å². The molecule has 0 saturated carbocycles. The molecule has 0 rings (SSSR count). The van der Waals surface area contributed by atoms with Gasteiger partial charge in [-0.15, -0.1) is 0 Å². The van der Waals surface area contributed by atoms with Gasteiger partial charge in [-0.05, 0) is 0 Å². The minimum absolute atomic E-state index is 0.0868. The molecular weight excluding hydrogens is 96.0 g/mol. The van der Waals surface area contributed by atoms with E-state index >= 15 is 0 Å². The summed E-state index contributed by atoms with van der Waals surface area (Å²) in [5.74, 6) is -0.567. The summed E-state index contributed by atoms with van der Waals surface area (Å²) in [7, 11) is 5.81. The predicted octanol–water partition coefficient (Wildman–Crippen LogP) is -0.155. The van der Waals surface area contributed by atoms with E-state index in [2.05, 4.69) is 16.6 Å². The monoisotopic (exact) mass is 102 g/mol. The average Bonchev–Trinajstić information content (AvgIpc) is 1.68. The Hall–Kier alpha value is -0.570. The minimum atomic E-state index is -0.567. The maximum atomic E-state index is 9.94. The third-order valence-electron chi connectivity index (χ3n) is 0.394. The van der Waals surface area contributed by atoms with Gasteiger partial charge in [-0.2, -0.15) is 0 Å². The summed E-state index contributed by atoms with van der Waals surface area (Å²) < 4.78 is 8.07. The molecule has 0 aromatic rings. The molecule has 40 valence electrons. The molecule has 0 aliphatic heterocycles. The zero-order chi connectivity index (χ0) is 5.70. The Morgan fingerprint density at radius 1 is 1.86 bits per heavy atom. The molecule has 0 aliphatic rings. The zero-order valence-corrected chi connectivity index (χ0v) is 4.01. The molecule has 3 nitrogen and oxygen atoms in total. The van der Waals surface area contributed by atoms with Crippen molar-refractivity contribution in [3.8, 4) is 0 Å². The van der Waals surface area contributed by atoms with Gasteiger partial charge in [0.15, 0.2) is 7.11 Å². The molecule has 0 amide bonds. The summed E-state index contributed by atoms with van der Waals surface area (Å²) in [6, 6.07) is 0. The molecule has 0 fully saturated rings. The first kappa shape index (κ1) is 6.43. The van der Waals surface area contributed by atoms with E-state index in [1.165, 1.54) is 7.11 Å². The Balaban J connectivity index is 3.00. The van der Waals surface area contributed by atoms with E-state index in [9.17, 15) is 4.79 Å². The highest BCUT2D eigenvalue weighted by Gasteiger charge is 1.93. The van der Waals surface area contributed by atoms with E-state index < -0.39 is 5.97 Å². The Kier molecular flexibility index (Phi) is 3.32. The van der Waals surface area contributed by atoms with Crippen molar-refractivity contribution in [2.45, 2.75) is 0 Å². The molecule has 0 bridgehead atoms. The van der Waals surface area contributed by atoms with Crippen LogP contribution in [0.3, 0.4) is 0 Å². The van der Waals surface area contributed by atoms with Gasteiger partial charge in [-0.3, -0.25) is 0 Å². The standard InChI is InChI=1S/C4H6O3/c1-6-3-4(5)7-2/h2H,3H2,1H3. The number of carbonyl (C=O) groups is 1. The lowest BCUT2D eigenvalue weighted by molar-refractivity contribution is -0.142. The second-order valence-corrected chi connectivity index (χ2v) is 0.923. The van der Waals surface area contributed by atoms with E-state index in [1.54, 1.807) is 0 Å². The lowest BCUT2D eigenvalue weighted by Gasteiger charge is -1.91. The van der Waals surface area contributed by atoms with Crippen LogP contribution in [-0.4, -0.2) is 19.7 Å². The van der Waals surface area contributed by atoms with Crippen LogP contribution in [0, 0.1) is 7.11 Å². The number of hydrogen-bond acceptors (Lipinski definition) is 3. The fraction of sp³-hybridized carbons (Fsp3) is 0.500. The molecule has 0 aromatic carbocycles. The SMILES string of the molecule is [CH]OC(=O)COC. The normalized spacial score (nSPS) is 8.29. The number of methoxy groups -OCH3 is 1. The summed E-state index contributed by atoms with van der Waals surface area (Å²) in [6.07, 6.45) is 0. The Morgan fingerprint density at radius 2 is 2.43 bits per heavy atom. The quantitative estimate of drug-likeness (QED) is 0.454. The van der Waals surface area contributed by atoms with Crippen molar-refractivity contribution in [3.05, 3.63) is 7.11 Å². The van der Waals surface area contributed by atoms with Crippen LogP contribution < -0.4 is 0 Å². The first-order valence-electron chi connectivity index (χ1n) is 1.69. The van der Waals surface area contributed by atoms with Crippen molar-refractivity contribution < 1.29 is 14.3 Å². The Morgan fingerprint density at radius 3 is 2.57 bits per heavy atom. The van der Waals surface area contributed by atoms with Gasteiger partial charge < -0.3 is 9.47 Å². The molecule has 0 spiro atoms. The van der Waals surface area contributed by atoms with E-state index in [1.807, 2.05) is 0 Å². The number of ether oxygens (including phenoxy) is 2. The summed E-state index contributed by atoms with van der Waals surface area (Å²) >= 11 is 0. The molecule has 0 N–H and O–H groups in total. The van der Waals surface area contributed by atoms with Crippen LogP contribution in [-0.2, 0) is 14.3 Å². The van der Waals surface area contributed by atoms with Gasteiger partial charge in [0.2, 0.25) is 0 Å². The van der Waals surface area contributed by atoms with Crippen LogP contribution in [0.15, 0.2) is 0 Å². The molecule has 0 unspecified atom stereocenters. The van der Waals surface area contributed by atoms with Crippen LogP contribution in [0.25, 0.3) is 0 Å². The molecule has 0 saturated heterocycles. The molecule has 0 heterocycles. The summed E-state index contributed by atoms with van der Waals surface area (Å²) in [4.78, 5) is 9.94. The highest BCUT2D eigenvalue weighted by atomic mass is 16.6. The second-order valence-electron chi connectivity index (χ2n) is 0.923. The number of rotatable bonds is 2. The number of esters is 1. The van der Waals surface area contributed by atoms with Crippen LogP contribution in [0.2, 0.25) is 0 Å². The number of hydrogen-bond donors (Lipinski definition) is 0. The van der Waals surface area contributed by atoms with Gasteiger partial charge >= 0.3 is 5.97 Å². The van der Waals surface area contributed by atoms with E-state index in [0.717, 1.165) is 0 Å². The fourth-order valence-electron chi connectivity index (χ4n) is 0.152. The van der Waals surface area contributed by atoms with E-state index in [4.69, 9.17) is 0 Å². The maximum Gasteiger partial charge on any atom is 0.332 e. The molecule has 2 radical (unpaired) electrons. The third-order valence-corrected chi connectivity index (χ3v) is 0.394. The van der Waals surface area contributed by atoms with Gasteiger partial charge in [-0.25, -0.2) is 4.79 Å². The smallest absolute Gasteiger partial charge is 0.332 e. The third kappa shape index (κ3) is 3.26. The second kappa shape index (κ2) is 3.61. The molecule has 0 atom stereocenters. The summed E-state index contributed by atoms with van der Waals surface area (Å²) in [5.41, 5.74) is 0. The van der Waals surface area contributed by atoms with Crippen LogP contribution in [0.1, 0.15) is 0 Å². The lowest BCUT2D eigenvalue weighted by Crippen LogP contribution is -2.06. The maximum absolute atomic E-state index is 9.94. The van der Waals surface area contributed by atoms with Gasteiger partial charge in [0.05, 0.1) is 0 Å². The zero-order valence-electron chi connectivity index (χ0n) is 4.01. The molecule has 0 aliphatic carbocycles. The van der Waals surface area contributed by atoms with Crippen LogP contribution in [0.4, 0.5) is 0 Å². The molecular formula is C4H6O3. The summed E-state index contributed by atoms with van der Waals surface area (Å²) in [6.45, 7) is -0.0868. The van der Waals surface area contributed by atoms with Gasteiger partial charge in [0.25, 0.3) is 0 Å². The largest absolute Gasteiger partial charge is 0.452 e. The van der Waals surface area contributed by atoms with Crippen molar-refractivity contribution in [1.29, 1.82) is 0 Å². The molecule has 3 heteroatoms. The summed E-state index contributed by atoms with van der Waals surface area (Å²) in [5, 5.41) is 0. The highest BCUT2D eigenvalue weighted by Crippen LogP contribution is 1.72. The predicted molar refractivity (Wildman–Crippen MR) is 22.3 cm³/mol. The average molecular weight is 102 g/mol. The molecule has 0 aromatic heterocycles. The Bertz CT molecular complexity index is 60.0. The van der Waals surface area contributed by atoms with Gasteiger partial charge in [0, 0.05) is 7.11 Å². The van der Waals surface area contributed by atoms with E-state index in [0.29, 0.717) is 0 Å². The van der Waals surface area contributed by atoms with Gasteiger partial charge in [0.1, 0.15) is 6.61 Å². The van der Waals surface area contributed by atoms with Crippen molar-refractivity contribution in [2.75, 3.05) is 13.7 Å². The minimum Gasteiger partial charge on any atom is -0.452 e. The topological polar surface area (TPSA) is 35.5 Å². The highest BCUT2D eigenvalue weighted by molar-refractivity contribution is 5.70. The van der Waals surface area contributed by atoms with Crippen LogP contribution in [0.5, 0.6) is 0 Å². The van der Waals surface area contributed by atoms with Crippen molar-refractivity contribution in [2.24, 2.45) is 0 Å².